The topological polar surface area (TPSA) is 86.8 Å². The van der Waals surface area contributed by atoms with Crippen molar-refractivity contribution < 1.29 is 15.0 Å². The maximum absolute atomic E-state index is 10.9. The summed E-state index contributed by atoms with van der Waals surface area (Å²) in [5.74, 6) is 0.0663. The first-order valence-corrected chi connectivity index (χ1v) is 5.09. The van der Waals surface area contributed by atoms with E-state index in [9.17, 15) is 9.90 Å². The largest absolute Gasteiger partial charge is 0.508 e. The second-order valence-electron chi connectivity index (χ2n) is 3.59. The Labute approximate surface area is 94.1 Å². The van der Waals surface area contributed by atoms with Crippen LogP contribution in [0.15, 0.2) is 18.2 Å². The Kier molecular flexibility index (Phi) is 3.99. The fraction of sp³-hybridized carbons (Fsp3) is 0.364. The molecule has 0 aliphatic heterocycles. The number of benzene rings is 1. The normalized spacial score (nSPS) is 10.1. The molecule has 0 saturated heterocycles. The maximum Gasteiger partial charge on any atom is 0.407 e. The number of nitrogens with two attached hydrogens (primary N) is 1. The van der Waals surface area contributed by atoms with Gasteiger partial charge in [0.15, 0.2) is 0 Å². The van der Waals surface area contributed by atoms with E-state index >= 15 is 0 Å². The predicted octanol–water partition coefficient (Wildman–Crippen LogP) is 1.86. The molecule has 0 aliphatic rings. The lowest BCUT2D eigenvalue weighted by Gasteiger charge is -2.19. The molecule has 88 valence electrons. The lowest BCUT2D eigenvalue weighted by atomic mass is 10.1. The summed E-state index contributed by atoms with van der Waals surface area (Å²) in [5.41, 5.74) is 6.61. The van der Waals surface area contributed by atoms with E-state index in [1.54, 1.807) is 12.1 Å². The molecule has 1 rings (SSSR count). The van der Waals surface area contributed by atoms with Crippen LogP contribution in [0.4, 0.5) is 10.5 Å². The standard InChI is InChI=1S/C11H16N2O3/c1-2-5-13(11(15)16)7-8-6-9(12)3-4-10(8)14/h3-4,6,14H,2,5,7,12H2,1H3,(H,15,16). The number of amides is 1. The van der Waals surface area contributed by atoms with Crippen molar-refractivity contribution in [3.8, 4) is 5.75 Å². The molecule has 5 heteroatoms. The van der Waals surface area contributed by atoms with Crippen LogP contribution in [0.25, 0.3) is 0 Å². The van der Waals surface area contributed by atoms with Gasteiger partial charge in [-0.3, -0.25) is 0 Å². The minimum atomic E-state index is -0.997. The highest BCUT2D eigenvalue weighted by Crippen LogP contribution is 2.21. The number of rotatable bonds is 4. The van der Waals surface area contributed by atoms with Crippen molar-refractivity contribution in [1.82, 2.24) is 4.90 Å². The molecule has 0 aromatic heterocycles. The van der Waals surface area contributed by atoms with Crippen molar-refractivity contribution in [2.24, 2.45) is 0 Å². The van der Waals surface area contributed by atoms with Crippen LogP contribution in [0.2, 0.25) is 0 Å². The SMILES string of the molecule is CCCN(Cc1cc(N)ccc1O)C(=O)O. The Morgan fingerprint density at radius 3 is 2.75 bits per heavy atom. The summed E-state index contributed by atoms with van der Waals surface area (Å²) < 4.78 is 0. The Morgan fingerprint density at radius 1 is 1.50 bits per heavy atom. The van der Waals surface area contributed by atoms with Gasteiger partial charge in [-0.25, -0.2) is 4.79 Å². The number of nitrogens with zero attached hydrogens (tertiary/aromatic N) is 1. The lowest BCUT2D eigenvalue weighted by molar-refractivity contribution is 0.142. The zero-order valence-corrected chi connectivity index (χ0v) is 9.18. The number of carboxylic acid groups (broad SMARTS) is 1. The van der Waals surface area contributed by atoms with E-state index in [1.165, 1.54) is 11.0 Å². The molecule has 0 aliphatic carbocycles. The number of hydrogen-bond acceptors (Lipinski definition) is 3. The van der Waals surface area contributed by atoms with Crippen LogP contribution in [-0.4, -0.2) is 27.8 Å². The van der Waals surface area contributed by atoms with Gasteiger partial charge in [-0.15, -0.1) is 0 Å². The third-order valence-electron chi connectivity index (χ3n) is 2.23. The van der Waals surface area contributed by atoms with Crippen molar-refractivity contribution in [3.63, 3.8) is 0 Å². The average Bonchev–Trinajstić information content (AvgIpc) is 2.22. The summed E-state index contributed by atoms with van der Waals surface area (Å²) in [5, 5.41) is 18.5. The molecule has 1 amide bonds. The van der Waals surface area contributed by atoms with Crippen LogP contribution < -0.4 is 5.73 Å². The monoisotopic (exact) mass is 224 g/mol. The van der Waals surface area contributed by atoms with Crippen molar-refractivity contribution in [3.05, 3.63) is 23.8 Å². The molecule has 16 heavy (non-hydrogen) atoms. The van der Waals surface area contributed by atoms with Crippen molar-refractivity contribution >= 4 is 11.8 Å². The van der Waals surface area contributed by atoms with E-state index in [2.05, 4.69) is 0 Å². The summed E-state index contributed by atoms with van der Waals surface area (Å²) >= 11 is 0. The molecule has 1 aromatic carbocycles. The van der Waals surface area contributed by atoms with Crippen molar-refractivity contribution in [1.29, 1.82) is 0 Å². The quantitative estimate of drug-likeness (QED) is 0.538. The lowest BCUT2D eigenvalue weighted by Crippen LogP contribution is -2.29. The third kappa shape index (κ3) is 3.05. The molecule has 0 bridgehead atoms. The highest BCUT2D eigenvalue weighted by atomic mass is 16.4. The van der Waals surface area contributed by atoms with Crippen LogP contribution in [0, 0.1) is 0 Å². The summed E-state index contributed by atoms with van der Waals surface area (Å²) in [6.45, 7) is 2.48. The van der Waals surface area contributed by atoms with Gasteiger partial charge in [0, 0.05) is 17.8 Å². The summed E-state index contributed by atoms with van der Waals surface area (Å²) in [6.07, 6.45) is -0.265. The number of phenols is 1. The first-order chi connectivity index (χ1) is 7.54. The first-order valence-electron chi connectivity index (χ1n) is 5.09. The number of nitrogen functional groups attached to an aromatic ring is 1. The van der Waals surface area contributed by atoms with E-state index < -0.39 is 6.09 Å². The van der Waals surface area contributed by atoms with Gasteiger partial charge in [0.05, 0.1) is 6.54 Å². The smallest absolute Gasteiger partial charge is 0.407 e. The van der Waals surface area contributed by atoms with E-state index in [0.717, 1.165) is 6.42 Å². The molecule has 0 spiro atoms. The van der Waals surface area contributed by atoms with Gasteiger partial charge in [-0.1, -0.05) is 6.92 Å². The zero-order valence-electron chi connectivity index (χ0n) is 9.18. The summed E-state index contributed by atoms with van der Waals surface area (Å²) in [6, 6.07) is 4.63. The van der Waals surface area contributed by atoms with E-state index in [1.807, 2.05) is 6.92 Å². The van der Waals surface area contributed by atoms with Gasteiger partial charge in [-0.05, 0) is 24.6 Å². The second kappa shape index (κ2) is 5.25. The molecule has 4 N–H and O–H groups in total. The Hall–Kier alpha value is -1.91. The molecule has 0 heterocycles. The van der Waals surface area contributed by atoms with Gasteiger partial charge in [-0.2, -0.15) is 0 Å². The average molecular weight is 224 g/mol. The molecule has 0 saturated carbocycles. The highest BCUT2D eigenvalue weighted by molar-refractivity contribution is 5.65. The van der Waals surface area contributed by atoms with E-state index in [0.29, 0.717) is 17.8 Å². The molecule has 5 nitrogen and oxygen atoms in total. The van der Waals surface area contributed by atoms with Crippen LogP contribution in [0.5, 0.6) is 5.75 Å². The first kappa shape index (κ1) is 12.2. The van der Waals surface area contributed by atoms with E-state index in [-0.39, 0.29) is 12.3 Å². The second-order valence-corrected chi connectivity index (χ2v) is 3.59. The summed E-state index contributed by atoms with van der Waals surface area (Å²) in [7, 11) is 0. The fourth-order valence-corrected chi connectivity index (χ4v) is 1.45. The molecule has 1 aromatic rings. The van der Waals surface area contributed by atoms with Crippen LogP contribution >= 0.6 is 0 Å². The summed E-state index contributed by atoms with van der Waals surface area (Å²) in [4.78, 5) is 12.1. The minimum Gasteiger partial charge on any atom is -0.508 e. The number of phenolic OH excluding ortho intramolecular Hbond substituents is 1. The van der Waals surface area contributed by atoms with Gasteiger partial charge in [0.1, 0.15) is 5.75 Å². The zero-order chi connectivity index (χ0) is 12.1. The minimum absolute atomic E-state index is 0.0663. The molecule has 0 fully saturated rings. The highest BCUT2D eigenvalue weighted by Gasteiger charge is 2.13. The third-order valence-corrected chi connectivity index (χ3v) is 2.23. The van der Waals surface area contributed by atoms with E-state index in [4.69, 9.17) is 10.8 Å². The van der Waals surface area contributed by atoms with Gasteiger partial charge in [0.25, 0.3) is 0 Å². The molecule has 0 atom stereocenters. The van der Waals surface area contributed by atoms with Crippen LogP contribution in [-0.2, 0) is 6.54 Å². The Morgan fingerprint density at radius 2 is 2.19 bits per heavy atom. The Bertz CT molecular complexity index is 379. The van der Waals surface area contributed by atoms with Crippen molar-refractivity contribution in [2.75, 3.05) is 12.3 Å². The predicted molar refractivity (Wildman–Crippen MR) is 61.2 cm³/mol. The van der Waals surface area contributed by atoms with Crippen LogP contribution in [0.3, 0.4) is 0 Å². The number of aromatic hydroxyl groups is 1. The van der Waals surface area contributed by atoms with Gasteiger partial charge >= 0.3 is 6.09 Å². The number of carbonyl (C=O) groups is 1. The molecule has 0 radical (unpaired) electrons. The Balaban J connectivity index is 2.84. The maximum atomic E-state index is 10.9. The molecule has 0 unspecified atom stereocenters. The van der Waals surface area contributed by atoms with Gasteiger partial charge < -0.3 is 20.8 Å². The fourth-order valence-electron chi connectivity index (χ4n) is 1.45. The molecular weight excluding hydrogens is 208 g/mol. The van der Waals surface area contributed by atoms with Crippen molar-refractivity contribution in [2.45, 2.75) is 19.9 Å². The van der Waals surface area contributed by atoms with Crippen LogP contribution in [0.1, 0.15) is 18.9 Å². The molecular formula is C11H16N2O3. The number of anilines is 1. The van der Waals surface area contributed by atoms with Gasteiger partial charge in [0.2, 0.25) is 0 Å². The number of hydrogen-bond donors (Lipinski definition) is 3.